The molecule has 6 aromatic rings. The number of fused-ring (bicyclic) bond motifs is 2. The minimum atomic E-state index is -3.05. The van der Waals surface area contributed by atoms with E-state index < -0.39 is 8.25 Å². The molecule has 0 atom stereocenters. The molecule has 6 rings (SSSR count). The van der Waals surface area contributed by atoms with Crippen molar-refractivity contribution in [2.45, 2.75) is 0 Å². The summed E-state index contributed by atoms with van der Waals surface area (Å²) >= 11 is 0. The number of hydrogen-bond donors (Lipinski definition) is 0. The molecular formula is C30H21N2O3P. The van der Waals surface area contributed by atoms with E-state index >= 15 is 0 Å². The van der Waals surface area contributed by atoms with Crippen molar-refractivity contribution in [1.29, 1.82) is 0 Å². The molecule has 0 bridgehead atoms. The predicted molar refractivity (Wildman–Crippen MR) is 145 cm³/mol. The molecule has 0 saturated carbocycles. The van der Waals surface area contributed by atoms with Gasteiger partial charge in [0.25, 0.3) is 0 Å². The van der Waals surface area contributed by atoms with Gasteiger partial charge in [0.2, 0.25) is 11.8 Å². The van der Waals surface area contributed by atoms with E-state index in [-0.39, 0.29) is 11.8 Å². The van der Waals surface area contributed by atoms with Gasteiger partial charge in [0.15, 0.2) is 0 Å². The van der Waals surface area contributed by atoms with Crippen molar-refractivity contribution in [2.75, 3.05) is 0 Å². The summed E-state index contributed by atoms with van der Waals surface area (Å²) in [6.07, 6.45) is 0. The molecule has 0 N–H and O–H groups in total. The van der Waals surface area contributed by atoms with Crippen molar-refractivity contribution in [1.82, 2.24) is 9.97 Å². The van der Waals surface area contributed by atoms with Crippen molar-refractivity contribution < 1.29 is 13.6 Å². The Hall–Kier alpha value is -4.47. The minimum Gasteiger partial charge on any atom is -0.399 e. The van der Waals surface area contributed by atoms with Gasteiger partial charge >= 0.3 is 8.25 Å². The maximum absolute atomic E-state index is 13.2. The summed E-state index contributed by atoms with van der Waals surface area (Å²) in [4.78, 5) is 9.37. The van der Waals surface area contributed by atoms with E-state index in [9.17, 15) is 4.57 Å². The summed E-state index contributed by atoms with van der Waals surface area (Å²) in [6.45, 7) is 0. The van der Waals surface area contributed by atoms with E-state index in [2.05, 4.69) is 9.97 Å². The molecule has 0 fully saturated rings. The molecule has 0 saturated heterocycles. The molecule has 4 aromatic carbocycles. The van der Waals surface area contributed by atoms with Crippen LogP contribution in [-0.2, 0) is 4.57 Å². The largest absolute Gasteiger partial charge is 0.421 e. The van der Waals surface area contributed by atoms with Gasteiger partial charge in [-0.1, -0.05) is 97.1 Å². The van der Waals surface area contributed by atoms with Crippen LogP contribution in [0.3, 0.4) is 0 Å². The average molecular weight is 488 g/mol. The number of rotatable bonds is 6. The van der Waals surface area contributed by atoms with Crippen LogP contribution in [0.4, 0.5) is 0 Å². The molecule has 0 aliphatic rings. The molecule has 0 unspecified atom stereocenters. The predicted octanol–water partition coefficient (Wildman–Crippen LogP) is 7.96. The minimum absolute atomic E-state index is 0.263. The van der Waals surface area contributed by atoms with Crippen molar-refractivity contribution in [3.63, 3.8) is 0 Å². The summed E-state index contributed by atoms with van der Waals surface area (Å²) in [5.41, 5.74) is 3.34. The third kappa shape index (κ3) is 4.45. The second-order valence-corrected chi connectivity index (χ2v) is 9.16. The maximum Gasteiger partial charge on any atom is 0.421 e. The summed E-state index contributed by atoms with van der Waals surface area (Å²) in [6, 6.07) is 39.1. The molecule has 6 heteroatoms. The van der Waals surface area contributed by atoms with Crippen molar-refractivity contribution in [3.8, 4) is 34.3 Å². The van der Waals surface area contributed by atoms with Crippen LogP contribution in [-0.4, -0.2) is 9.97 Å². The molecule has 5 nitrogen and oxygen atoms in total. The lowest BCUT2D eigenvalue weighted by molar-refractivity contribution is 0.408. The lowest BCUT2D eigenvalue weighted by atomic mass is 10.1. The fraction of sp³-hybridized carbons (Fsp3) is 0. The SMILES string of the molecule is O=[PH](Oc1nc(-c2ccccc2)cc2ccccc12)Oc1nc(-c2ccccc2)cc2ccccc12. The summed E-state index contributed by atoms with van der Waals surface area (Å²) in [5, 5.41) is 3.39. The Morgan fingerprint density at radius 1 is 0.500 bits per heavy atom. The highest BCUT2D eigenvalue weighted by Crippen LogP contribution is 2.38. The van der Waals surface area contributed by atoms with E-state index in [1.165, 1.54) is 0 Å². The smallest absolute Gasteiger partial charge is 0.399 e. The summed E-state index contributed by atoms with van der Waals surface area (Å²) in [5.74, 6) is 0.527. The van der Waals surface area contributed by atoms with Crippen molar-refractivity contribution in [2.24, 2.45) is 0 Å². The van der Waals surface area contributed by atoms with Gasteiger partial charge in [0.05, 0.1) is 11.4 Å². The number of nitrogens with zero attached hydrogens (tertiary/aromatic N) is 2. The first kappa shape index (κ1) is 22.0. The Labute approximate surface area is 209 Å². The van der Waals surface area contributed by atoms with E-state index in [4.69, 9.17) is 9.05 Å². The number of hydrogen-bond acceptors (Lipinski definition) is 5. The lowest BCUT2D eigenvalue weighted by Crippen LogP contribution is -1.97. The average Bonchev–Trinajstić information content (AvgIpc) is 2.94. The van der Waals surface area contributed by atoms with E-state index in [1.807, 2.05) is 121 Å². The summed E-state index contributed by atoms with van der Waals surface area (Å²) in [7, 11) is -3.05. The van der Waals surface area contributed by atoms with Crippen LogP contribution in [0.25, 0.3) is 44.1 Å². The fourth-order valence-corrected chi connectivity index (χ4v) is 4.85. The number of benzene rings is 4. The monoisotopic (exact) mass is 488 g/mol. The first-order valence-corrected chi connectivity index (χ1v) is 12.8. The molecular weight excluding hydrogens is 467 g/mol. The van der Waals surface area contributed by atoms with Gasteiger partial charge < -0.3 is 9.05 Å². The Bertz CT molecular complexity index is 1580. The van der Waals surface area contributed by atoms with Crippen LogP contribution in [0.2, 0.25) is 0 Å². The first-order chi connectivity index (χ1) is 17.7. The quantitative estimate of drug-likeness (QED) is 0.223. The molecule has 2 aromatic heterocycles. The van der Waals surface area contributed by atoms with Crippen molar-refractivity contribution >= 4 is 29.8 Å². The highest BCUT2D eigenvalue weighted by Gasteiger charge is 2.16. The maximum atomic E-state index is 13.2. The topological polar surface area (TPSA) is 61.3 Å². The third-order valence-electron chi connectivity index (χ3n) is 5.91. The lowest BCUT2D eigenvalue weighted by Gasteiger charge is -2.13. The Morgan fingerprint density at radius 3 is 1.33 bits per heavy atom. The molecule has 0 spiro atoms. The molecule has 0 amide bonds. The highest BCUT2D eigenvalue weighted by molar-refractivity contribution is 7.34. The Kier molecular flexibility index (Phi) is 5.90. The van der Waals surface area contributed by atoms with E-state index in [0.717, 1.165) is 44.1 Å². The van der Waals surface area contributed by atoms with Crippen LogP contribution in [0.15, 0.2) is 121 Å². The fourth-order valence-electron chi connectivity index (χ4n) is 4.18. The zero-order valence-electron chi connectivity index (χ0n) is 19.2. The van der Waals surface area contributed by atoms with Crippen LogP contribution in [0, 0.1) is 0 Å². The van der Waals surface area contributed by atoms with Gasteiger partial charge in [-0.05, 0) is 35.0 Å². The molecule has 0 aliphatic heterocycles. The first-order valence-electron chi connectivity index (χ1n) is 11.5. The van der Waals surface area contributed by atoms with Crippen LogP contribution >= 0.6 is 8.25 Å². The standard InChI is InChI=1S/C30H21N2O3P/c33-36(34-29-25-17-9-7-15-23(25)19-27(31-29)21-11-3-1-4-12-21)35-30-26-18-10-8-16-24(26)20-28(32-30)22-13-5-2-6-14-22/h1-20,36H. The summed E-state index contributed by atoms with van der Waals surface area (Å²) < 4.78 is 24.9. The highest BCUT2D eigenvalue weighted by atomic mass is 31.1. The van der Waals surface area contributed by atoms with Crippen LogP contribution in [0.1, 0.15) is 0 Å². The van der Waals surface area contributed by atoms with E-state index in [1.54, 1.807) is 0 Å². The second kappa shape index (κ2) is 9.65. The molecule has 0 radical (unpaired) electrons. The molecule has 174 valence electrons. The normalized spacial score (nSPS) is 11.1. The zero-order chi connectivity index (χ0) is 24.3. The van der Waals surface area contributed by atoms with Crippen LogP contribution < -0.4 is 9.05 Å². The third-order valence-corrected chi connectivity index (χ3v) is 6.63. The van der Waals surface area contributed by atoms with Gasteiger partial charge in [-0.2, -0.15) is 0 Å². The zero-order valence-corrected chi connectivity index (χ0v) is 20.2. The van der Waals surface area contributed by atoms with Crippen LogP contribution in [0.5, 0.6) is 11.8 Å². The Balaban J connectivity index is 1.37. The molecule has 2 heterocycles. The van der Waals surface area contributed by atoms with Gasteiger partial charge in [0.1, 0.15) is 0 Å². The van der Waals surface area contributed by atoms with E-state index in [0.29, 0.717) is 0 Å². The molecule has 0 aliphatic carbocycles. The van der Waals surface area contributed by atoms with Gasteiger partial charge in [-0.15, -0.1) is 0 Å². The number of pyridine rings is 2. The molecule has 36 heavy (non-hydrogen) atoms. The van der Waals surface area contributed by atoms with Crippen molar-refractivity contribution in [3.05, 3.63) is 121 Å². The number of aromatic nitrogens is 2. The van der Waals surface area contributed by atoms with Gasteiger partial charge in [-0.25, -0.2) is 14.5 Å². The van der Waals surface area contributed by atoms with Gasteiger partial charge in [-0.3, -0.25) is 0 Å². The van der Waals surface area contributed by atoms with Gasteiger partial charge in [0, 0.05) is 21.9 Å². The second-order valence-electron chi connectivity index (χ2n) is 8.25. The Morgan fingerprint density at radius 2 is 0.889 bits per heavy atom.